The normalized spacial score (nSPS) is 15.4. The van der Waals surface area contributed by atoms with Gasteiger partial charge in [0.15, 0.2) is 0 Å². The molecule has 0 aliphatic heterocycles. The summed E-state index contributed by atoms with van der Waals surface area (Å²) in [5.74, 6) is -3.61. The zero-order chi connectivity index (χ0) is 20.3. The van der Waals surface area contributed by atoms with Gasteiger partial charge in [0, 0.05) is 12.8 Å². The van der Waals surface area contributed by atoms with Gasteiger partial charge in [-0.05, 0) is 18.8 Å². The van der Waals surface area contributed by atoms with Gasteiger partial charge in [0.25, 0.3) is 0 Å². The summed E-state index contributed by atoms with van der Waals surface area (Å²) in [6.07, 6.45) is -0.216. The number of aliphatic carboxylic acids is 2. The van der Waals surface area contributed by atoms with E-state index in [0.29, 0.717) is 6.42 Å². The van der Waals surface area contributed by atoms with Crippen LogP contribution >= 0.6 is 0 Å². The zero-order valence-corrected chi connectivity index (χ0v) is 15.1. The fourth-order valence-corrected chi connectivity index (χ4v) is 2.16. The minimum atomic E-state index is -1.15. The maximum atomic E-state index is 12.4. The first-order chi connectivity index (χ1) is 12.1. The number of amides is 2. The number of carbonyl (C=O) groups is 4. The molecule has 10 nitrogen and oxygen atoms in total. The smallest absolute Gasteiger partial charge is 0.303 e. The van der Waals surface area contributed by atoms with Gasteiger partial charge in [-0.1, -0.05) is 20.3 Å². The molecule has 150 valence electrons. The van der Waals surface area contributed by atoms with Crippen LogP contribution in [0.2, 0.25) is 0 Å². The van der Waals surface area contributed by atoms with Crippen molar-refractivity contribution in [1.29, 1.82) is 0 Å². The molecule has 0 aromatic carbocycles. The van der Waals surface area contributed by atoms with Crippen LogP contribution < -0.4 is 16.4 Å². The Hall–Kier alpha value is -2.20. The van der Waals surface area contributed by atoms with E-state index in [0.717, 1.165) is 0 Å². The average molecular weight is 375 g/mol. The Bertz CT molecular complexity index is 498. The Kier molecular flexibility index (Phi) is 11.2. The summed E-state index contributed by atoms with van der Waals surface area (Å²) in [5, 5.41) is 31.8. The van der Waals surface area contributed by atoms with E-state index in [-0.39, 0.29) is 38.2 Å². The van der Waals surface area contributed by atoms with E-state index in [2.05, 4.69) is 10.6 Å². The molecule has 0 aromatic rings. The van der Waals surface area contributed by atoms with Gasteiger partial charge >= 0.3 is 11.9 Å². The third-order valence-corrected chi connectivity index (χ3v) is 4.14. The Morgan fingerprint density at radius 2 is 1.50 bits per heavy atom. The fourth-order valence-electron chi connectivity index (χ4n) is 2.16. The molecular weight excluding hydrogens is 346 g/mol. The molecule has 0 saturated heterocycles. The van der Waals surface area contributed by atoms with Crippen LogP contribution in [0.15, 0.2) is 0 Å². The number of carbonyl (C=O) groups excluding carboxylic acids is 2. The quantitative estimate of drug-likeness (QED) is 0.238. The lowest BCUT2D eigenvalue weighted by molar-refractivity contribution is -0.139. The molecule has 0 fully saturated rings. The third-order valence-electron chi connectivity index (χ3n) is 4.14. The van der Waals surface area contributed by atoms with E-state index in [9.17, 15) is 24.3 Å². The summed E-state index contributed by atoms with van der Waals surface area (Å²) >= 11 is 0. The van der Waals surface area contributed by atoms with Gasteiger partial charge in [-0.15, -0.1) is 0 Å². The van der Waals surface area contributed by atoms with Gasteiger partial charge < -0.3 is 31.7 Å². The molecule has 0 rings (SSSR count). The van der Waals surface area contributed by atoms with E-state index in [1.54, 1.807) is 0 Å². The second-order valence-electron chi connectivity index (χ2n) is 6.22. The molecule has 0 unspecified atom stereocenters. The summed E-state index contributed by atoms with van der Waals surface area (Å²) < 4.78 is 0. The monoisotopic (exact) mass is 375 g/mol. The summed E-state index contributed by atoms with van der Waals surface area (Å²) in [7, 11) is 0. The topological polar surface area (TPSA) is 179 Å². The van der Waals surface area contributed by atoms with Gasteiger partial charge in [0.2, 0.25) is 11.8 Å². The first-order valence-electron chi connectivity index (χ1n) is 8.53. The number of hydrogen-bond acceptors (Lipinski definition) is 6. The van der Waals surface area contributed by atoms with Crippen molar-refractivity contribution < 1.29 is 34.5 Å². The van der Waals surface area contributed by atoms with Crippen LogP contribution in [0.3, 0.4) is 0 Å². The van der Waals surface area contributed by atoms with Crippen LogP contribution in [0.4, 0.5) is 0 Å². The molecule has 26 heavy (non-hydrogen) atoms. The van der Waals surface area contributed by atoms with Crippen molar-refractivity contribution in [2.24, 2.45) is 11.7 Å². The number of hydrogen-bond donors (Lipinski definition) is 6. The Morgan fingerprint density at radius 1 is 0.962 bits per heavy atom. The molecule has 0 aliphatic rings. The highest BCUT2D eigenvalue weighted by Crippen LogP contribution is 2.08. The van der Waals surface area contributed by atoms with E-state index < -0.39 is 41.9 Å². The molecule has 0 spiro atoms. The van der Waals surface area contributed by atoms with Gasteiger partial charge in [-0.2, -0.15) is 0 Å². The van der Waals surface area contributed by atoms with E-state index in [1.165, 1.54) is 0 Å². The van der Waals surface area contributed by atoms with Crippen molar-refractivity contribution in [3.8, 4) is 0 Å². The van der Waals surface area contributed by atoms with Crippen LogP contribution in [-0.4, -0.2) is 63.8 Å². The van der Waals surface area contributed by atoms with Gasteiger partial charge in [0.1, 0.15) is 6.04 Å². The van der Waals surface area contributed by atoms with Gasteiger partial charge in [-0.25, -0.2) is 0 Å². The minimum Gasteiger partial charge on any atom is -0.481 e. The predicted molar refractivity (Wildman–Crippen MR) is 92.1 cm³/mol. The predicted octanol–water partition coefficient (Wildman–Crippen LogP) is -0.949. The number of rotatable bonds is 13. The van der Waals surface area contributed by atoms with Gasteiger partial charge in [-0.3, -0.25) is 19.2 Å². The first kappa shape index (κ1) is 23.8. The van der Waals surface area contributed by atoms with Crippen molar-refractivity contribution in [2.45, 2.75) is 64.1 Å². The number of aliphatic hydroxyl groups is 1. The summed E-state index contributed by atoms with van der Waals surface area (Å²) in [4.78, 5) is 45.8. The highest BCUT2D eigenvalue weighted by atomic mass is 16.4. The lowest BCUT2D eigenvalue weighted by Crippen LogP contribution is -2.54. The third kappa shape index (κ3) is 9.33. The molecule has 0 heterocycles. The number of nitrogens with two attached hydrogens (primary N) is 1. The highest BCUT2D eigenvalue weighted by Gasteiger charge is 2.27. The number of carboxylic acid groups (broad SMARTS) is 2. The summed E-state index contributed by atoms with van der Waals surface area (Å²) in [6.45, 7) is 3.44. The largest absolute Gasteiger partial charge is 0.481 e. The summed E-state index contributed by atoms with van der Waals surface area (Å²) in [6, 6.07) is -2.81. The maximum Gasteiger partial charge on any atom is 0.303 e. The molecule has 2 amide bonds. The molecule has 10 heteroatoms. The minimum absolute atomic E-state index is 0.0161. The molecule has 0 radical (unpaired) electrons. The van der Waals surface area contributed by atoms with Crippen LogP contribution in [0.1, 0.15) is 46.0 Å². The molecule has 7 N–H and O–H groups in total. The Morgan fingerprint density at radius 3 is 1.96 bits per heavy atom. The lowest BCUT2D eigenvalue weighted by Gasteiger charge is -2.26. The van der Waals surface area contributed by atoms with Crippen molar-refractivity contribution in [2.75, 3.05) is 6.61 Å². The lowest BCUT2D eigenvalue weighted by atomic mass is 9.99. The van der Waals surface area contributed by atoms with Crippen molar-refractivity contribution in [1.82, 2.24) is 10.6 Å². The Balaban J connectivity index is 4.96. The number of carboxylic acids is 2. The van der Waals surface area contributed by atoms with E-state index in [4.69, 9.17) is 15.9 Å². The molecule has 0 aliphatic carbocycles. The average Bonchev–Trinajstić information content (AvgIpc) is 2.59. The van der Waals surface area contributed by atoms with Crippen molar-refractivity contribution in [3.63, 3.8) is 0 Å². The maximum absolute atomic E-state index is 12.4. The van der Waals surface area contributed by atoms with Crippen LogP contribution in [-0.2, 0) is 19.2 Å². The SMILES string of the molecule is CC[C@H](C)[C@@H](CO)NC(=O)[C@H](CCC(=O)O)NC(=O)[C@@H](N)CCC(=O)O. The highest BCUT2D eigenvalue weighted by molar-refractivity contribution is 5.90. The number of nitrogens with one attached hydrogen (secondary N) is 2. The molecule has 0 aromatic heterocycles. The van der Waals surface area contributed by atoms with Crippen molar-refractivity contribution >= 4 is 23.8 Å². The molecule has 4 atom stereocenters. The molecule has 0 bridgehead atoms. The molecule has 0 saturated carbocycles. The van der Waals surface area contributed by atoms with Crippen LogP contribution in [0, 0.1) is 5.92 Å². The first-order valence-corrected chi connectivity index (χ1v) is 8.53. The van der Waals surface area contributed by atoms with Crippen LogP contribution in [0.25, 0.3) is 0 Å². The number of aliphatic hydroxyl groups excluding tert-OH is 1. The van der Waals surface area contributed by atoms with E-state index >= 15 is 0 Å². The second-order valence-corrected chi connectivity index (χ2v) is 6.22. The van der Waals surface area contributed by atoms with Crippen LogP contribution in [0.5, 0.6) is 0 Å². The van der Waals surface area contributed by atoms with E-state index in [1.807, 2.05) is 13.8 Å². The fraction of sp³-hybridized carbons (Fsp3) is 0.750. The Labute approximate surface area is 152 Å². The second kappa shape index (κ2) is 12.2. The van der Waals surface area contributed by atoms with Crippen molar-refractivity contribution in [3.05, 3.63) is 0 Å². The standard InChI is InChI=1S/C16H29N3O7/c1-3-9(2)12(8-20)19-16(26)11(5-7-14(23)24)18-15(25)10(17)4-6-13(21)22/h9-12,20H,3-8,17H2,1-2H3,(H,18,25)(H,19,26)(H,21,22)(H,23,24)/t9-,10-,11-,12+/m0/s1. The molecular formula is C16H29N3O7. The zero-order valence-electron chi connectivity index (χ0n) is 15.1. The summed E-state index contributed by atoms with van der Waals surface area (Å²) in [5.41, 5.74) is 5.60. The van der Waals surface area contributed by atoms with Gasteiger partial charge in [0.05, 0.1) is 18.7 Å².